The molecule has 0 unspecified atom stereocenters. The summed E-state index contributed by atoms with van der Waals surface area (Å²) in [6, 6.07) is 7.80. The molecule has 1 N–H and O–H groups in total. The highest BCUT2D eigenvalue weighted by atomic mass is 35.5. The smallest absolute Gasteiger partial charge is 0.0649 e. The number of rotatable bonds is 7. The normalized spacial score (nSPS) is 15.6. The minimum atomic E-state index is 0.743. The van der Waals surface area contributed by atoms with Crippen molar-refractivity contribution in [3.8, 4) is 5.69 Å². The number of morpholine rings is 1. The van der Waals surface area contributed by atoms with Gasteiger partial charge >= 0.3 is 0 Å². The van der Waals surface area contributed by atoms with E-state index in [9.17, 15) is 0 Å². The molecule has 1 aromatic carbocycles. The van der Waals surface area contributed by atoms with E-state index in [4.69, 9.17) is 21.4 Å². The van der Waals surface area contributed by atoms with Gasteiger partial charge in [-0.2, -0.15) is 5.10 Å². The summed E-state index contributed by atoms with van der Waals surface area (Å²) in [6.07, 6.45) is 1.16. The zero-order valence-electron chi connectivity index (χ0n) is 15.1. The third-order valence-corrected chi connectivity index (χ3v) is 5.00. The third-order valence-electron chi connectivity index (χ3n) is 4.75. The summed E-state index contributed by atoms with van der Waals surface area (Å²) in [5, 5.41) is 9.00. The zero-order chi connectivity index (χ0) is 17.6. The van der Waals surface area contributed by atoms with Gasteiger partial charge in [0.05, 0.1) is 24.6 Å². The summed E-state index contributed by atoms with van der Waals surface area (Å²) in [5.41, 5.74) is 4.58. The lowest BCUT2D eigenvalue weighted by Crippen LogP contribution is -2.37. The van der Waals surface area contributed by atoms with Gasteiger partial charge in [-0.3, -0.25) is 4.90 Å². The lowest BCUT2D eigenvalue weighted by molar-refractivity contribution is 0.0374. The van der Waals surface area contributed by atoms with E-state index in [1.807, 2.05) is 28.9 Å². The molecule has 0 saturated carbocycles. The second-order valence-electron chi connectivity index (χ2n) is 6.52. The van der Waals surface area contributed by atoms with Gasteiger partial charge in [0.2, 0.25) is 0 Å². The summed E-state index contributed by atoms with van der Waals surface area (Å²) in [5.74, 6) is 0. The lowest BCUT2D eigenvalue weighted by atomic mass is 10.2. The maximum absolute atomic E-state index is 5.98. The van der Waals surface area contributed by atoms with Crippen LogP contribution in [0.5, 0.6) is 0 Å². The molecule has 0 aliphatic carbocycles. The van der Waals surface area contributed by atoms with E-state index in [1.165, 1.54) is 11.3 Å². The Morgan fingerprint density at radius 3 is 2.60 bits per heavy atom. The molecule has 0 bridgehead atoms. The van der Waals surface area contributed by atoms with Crippen LogP contribution in [0.2, 0.25) is 5.02 Å². The van der Waals surface area contributed by atoms with Crippen molar-refractivity contribution in [3.63, 3.8) is 0 Å². The molecule has 2 aromatic rings. The van der Waals surface area contributed by atoms with E-state index in [1.54, 1.807) is 0 Å². The molecule has 136 valence electrons. The van der Waals surface area contributed by atoms with Gasteiger partial charge < -0.3 is 10.1 Å². The summed E-state index contributed by atoms with van der Waals surface area (Å²) in [6.45, 7) is 11.1. The number of benzene rings is 1. The Balaban J connectivity index is 1.51. The van der Waals surface area contributed by atoms with E-state index in [-0.39, 0.29) is 0 Å². The maximum atomic E-state index is 5.98. The van der Waals surface area contributed by atoms with E-state index >= 15 is 0 Å². The van der Waals surface area contributed by atoms with Crippen molar-refractivity contribution in [2.24, 2.45) is 0 Å². The number of aryl methyl sites for hydroxylation is 1. The number of nitrogens with zero attached hydrogens (tertiary/aromatic N) is 3. The van der Waals surface area contributed by atoms with Crippen LogP contribution < -0.4 is 5.32 Å². The topological polar surface area (TPSA) is 42.3 Å². The number of halogens is 1. The molecule has 0 amide bonds. The SMILES string of the molecule is Cc1nn(-c2ccc(Cl)cc2)c(C)c1CNCCCN1CCOCC1. The van der Waals surface area contributed by atoms with Gasteiger partial charge in [0.1, 0.15) is 0 Å². The molecule has 2 heterocycles. The van der Waals surface area contributed by atoms with Crippen molar-refractivity contribution in [1.29, 1.82) is 0 Å². The molecule has 6 heteroatoms. The Hall–Kier alpha value is -1.40. The molecule has 1 fully saturated rings. The van der Waals surface area contributed by atoms with Crippen molar-refractivity contribution < 1.29 is 4.74 Å². The van der Waals surface area contributed by atoms with Crippen molar-refractivity contribution in [2.75, 3.05) is 39.4 Å². The fourth-order valence-electron chi connectivity index (χ4n) is 3.23. The Labute approximate surface area is 154 Å². The Bertz CT molecular complexity index is 677. The number of aromatic nitrogens is 2. The van der Waals surface area contributed by atoms with Crippen molar-refractivity contribution in [2.45, 2.75) is 26.8 Å². The number of nitrogens with one attached hydrogen (secondary N) is 1. The second kappa shape index (κ2) is 8.81. The number of ether oxygens (including phenoxy) is 1. The lowest BCUT2D eigenvalue weighted by Gasteiger charge is -2.26. The Morgan fingerprint density at radius 1 is 1.16 bits per heavy atom. The average Bonchev–Trinajstić information content (AvgIpc) is 2.91. The van der Waals surface area contributed by atoms with E-state index < -0.39 is 0 Å². The minimum Gasteiger partial charge on any atom is -0.379 e. The highest BCUT2D eigenvalue weighted by molar-refractivity contribution is 6.30. The highest BCUT2D eigenvalue weighted by Gasteiger charge is 2.13. The van der Waals surface area contributed by atoms with Crippen LogP contribution in [0.15, 0.2) is 24.3 Å². The Morgan fingerprint density at radius 2 is 1.88 bits per heavy atom. The predicted molar refractivity (Wildman–Crippen MR) is 102 cm³/mol. The first kappa shape index (κ1) is 18.4. The third kappa shape index (κ3) is 4.82. The van der Waals surface area contributed by atoms with E-state index in [0.717, 1.165) is 68.8 Å². The molecule has 25 heavy (non-hydrogen) atoms. The largest absolute Gasteiger partial charge is 0.379 e. The monoisotopic (exact) mass is 362 g/mol. The van der Waals surface area contributed by atoms with Gasteiger partial charge in [-0.05, 0) is 57.6 Å². The molecule has 0 atom stereocenters. The number of hydrogen-bond donors (Lipinski definition) is 1. The maximum Gasteiger partial charge on any atom is 0.0649 e. The number of hydrogen-bond acceptors (Lipinski definition) is 4. The fraction of sp³-hybridized carbons (Fsp3) is 0.526. The van der Waals surface area contributed by atoms with Crippen LogP contribution in [-0.4, -0.2) is 54.1 Å². The summed E-state index contributed by atoms with van der Waals surface area (Å²) in [4.78, 5) is 2.47. The van der Waals surface area contributed by atoms with Gasteiger partial charge in [0, 0.05) is 35.9 Å². The van der Waals surface area contributed by atoms with Crippen LogP contribution in [0.3, 0.4) is 0 Å². The molecular formula is C19H27ClN4O. The van der Waals surface area contributed by atoms with E-state index in [0.29, 0.717) is 0 Å². The minimum absolute atomic E-state index is 0.743. The predicted octanol–water partition coefficient (Wildman–Crippen LogP) is 2.95. The van der Waals surface area contributed by atoms with Gasteiger partial charge in [-0.1, -0.05) is 11.6 Å². The first-order valence-corrected chi connectivity index (χ1v) is 9.35. The van der Waals surface area contributed by atoms with Gasteiger partial charge in [0.25, 0.3) is 0 Å². The van der Waals surface area contributed by atoms with Crippen LogP contribution in [0.25, 0.3) is 5.69 Å². The van der Waals surface area contributed by atoms with Crippen LogP contribution in [0.4, 0.5) is 0 Å². The van der Waals surface area contributed by atoms with Crippen molar-refractivity contribution >= 4 is 11.6 Å². The molecule has 0 spiro atoms. The average molecular weight is 363 g/mol. The summed E-state index contributed by atoms with van der Waals surface area (Å²) < 4.78 is 7.38. The molecule has 1 aliphatic rings. The molecular weight excluding hydrogens is 336 g/mol. The molecule has 1 saturated heterocycles. The standard InChI is InChI=1S/C19H27ClN4O/c1-15-19(14-21-8-3-9-23-10-12-25-13-11-23)16(2)24(22-15)18-6-4-17(20)5-7-18/h4-7,21H,3,8-14H2,1-2H3. The second-order valence-corrected chi connectivity index (χ2v) is 6.96. The highest BCUT2D eigenvalue weighted by Crippen LogP contribution is 2.19. The quantitative estimate of drug-likeness (QED) is 0.769. The fourth-order valence-corrected chi connectivity index (χ4v) is 3.36. The molecule has 1 aliphatic heterocycles. The van der Waals surface area contributed by atoms with Crippen LogP contribution in [0, 0.1) is 13.8 Å². The molecule has 0 radical (unpaired) electrons. The first-order chi connectivity index (χ1) is 12.1. The summed E-state index contributed by atoms with van der Waals surface area (Å²) >= 11 is 5.98. The molecule has 3 rings (SSSR count). The Kier molecular flexibility index (Phi) is 6.48. The van der Waals surface area contributed by atoms with Crippen LogP contribution in [-0.2, 0) is 11.3 Å². The van der Waals surface area contributed by atoms with Gasteiger partial charge in [0.15, 0.2) is 0 Å². The first-order valence-electron chi connectivity index (χ1n) is 8.97. The van der Waals surface area contributed by atoms with Gasteiger partial charge in [-0.15, -0.1) is 0 Å². The van der Waals surface area contributed by atoms with Crippen molar-refractivity contribution in [1.82, 2.24) is 20.0 Å². The molecule has 5 nitrogen and oxygen atoms in total. The van der Waals surface area contributed by atoms with Gasteiger partial charge in [-0.25, -0.2) is 4.68 Å². The van der Waals surface area contributed by atoms with Crippen LogP contribution in [0.1, 0.15) is 23.4 Å². The van der Waals surface area contributed by atoms with E-state index in [2.05, 4.69) is 24.1 Å². The van der Waals surface area contributed by atoms with Crippen molar-refractivity contribution in [3.05, 3.63) is 46.2 Å². The van der Waals surface area contributed by atoms with Crippen LogP contribution >= 0.6 is 11.6 Å². The zero-order valence-corrected chi connectivity index (χ0v) is 15.9. The summed E-state index contributed by atoms with van der Waals surface area (Å²) in [7, 11) is 0. The molecule has 1 aromatic heterocycles.